The SMILES string of the molecule is Cn1cc(C(=O)Nc2ccc(Cc3cccc(F)c3)nn2)ccc1=O.Cn1cc(C(N)=O)ccc1=O.Fc1cccc(Cc2ccc(Cl)nn2)c1. The second-order valence-electron chi connectivity index (χ2n) is 10.9. The molecule has 6 aromatic rings. The van der Waals surface area contributed by atoms with Crippen molar-refractivity contribution >= 4 is 29.2 Å². The van der Waals surface area contributed by atoms with Gasteiger partial charge in [-0.3, -0.25) is 19.2 Å². The van der Waals surface area contributed by atoms with Crippen molar-refractivity contribution in [2.24, 2.45) is 19.8 Å². The van der Waals surface area contributed by atoms with Gasteiger partial charge >= 0.3 is 0 Å². The second-order valence-corrected chi connectivity index (χ2v) is 11.3. The van der Waals surface area contributed by atoms with Crippen molar-refractivity contribution in [3.05, 3.63) is 181 Å². The maximum absolute atomic E-state index is 13.2. The molecule has 0 aliphatic carbocycles. The molecule has 2 aromatic carbocycles. The summed E-state index contributed by atoms with van der Waals surface area (Å²) < 4.78 is 28.7. The van der Waals surface area contributed by atoms with E-state index < -0.39 is 5.91 Å². The minimum absolute atomic E-state index is 0.157. The van der Waals surface area contributed by atoms with E-state index >= 15 is 0 Å². The van der Waals surface area contributed by atoms with Gasteiger partial charge in [0.25, 0.3) is 5.91 Å². The third-order valence-corrected chi connectivity index (χ3v) is 7.12. The fraction of sp³-hybridized carbons (Fsp3) is 0.111. The Morgan fingerprint density at radius 1 is 0.686 bits per heavy atom. The second kappa shape index (κ2) is 17.8. The summed E-state index contributed by atoms with van der Waals surface area (Å²) in [6.07, 6.45) is 3.86. The van der Waals surface area contributed by atoms with Gasteiger partial charge in [0.05, 0.1) is 22.5 Å². The van der Waals surface area contributed by atoms with Crippen molar-refractivity contribution in [3.63, 3.8) is 0 Å². The Kier molecular flexibility index (Phi) is 13.1. The highest BCUT2D eigenvalue weighted by Gasteiger charge is 2.09. The van der Waals surface area contributed by atoms with Gasteiger partial charge in [0.15, 0.2) is 11.0 Å². The normalized spacial score (nSPS) is 10.2. The minimum atomic E-state index is -0.527. The first kappa shape index (κ1) is 37.4. The van der Waals surface area contributed by atoms with Crippen LogP contribution >= 0.6 is 11.6 Å². The third kappa shape index (κ3) is 11.9. The van der Waals surface area contributed by atoms with Crippen LogP contribution in [0.2, 0.25) is 5.15 Å². The smallest absolute Gasteiger partial charge is 0.258 e. The van der Waals surface area contributed by atoms with Crippen LogP contribution in [0.1, 0.15) is 43.2 Å². The molecule has 0 radical (unpaired) electrons. The number of hydrogen-bond donors (Lipinski definition) is 2. The predicted molar refractivity (Wildman–Crippen MR) is 187 cm³/mol. The molecular formula is C36H31ClF2N8O4. The zero-order valence-corrected chi connectivity index (χ0v) is 28.1. The van der Waals surface area contributed by atoms with E-state index in [2.05, 4.69) is 25.7 Å². The highest BCUT2D eigenvalue weighted by molar-refractivity contribution is 6.29. The summed E-state index contributed by atoms with van der Waals surface area (Å²) in [6, 6.07) is 25.0. The van der Waals surface area contributed by atoms with Gasteiger partial charge in [-0.1, -0.05) is 35.9 Å². The number of aromatic nitrogens is 6. The molecule has 260 valence electrons. The Morgan fingerprint density at radius 2 is 1.20 bits per heavy atom. The first-order valence-electron chi connectivity index (χ1n) is 15.1. The van der Waals surface area contributed by atoms with Gasteiger partial charge in [-0.2, -0.15) is 10.2 Å². The molecule has 0 bridgehead atoms. The lowest BCUT2D eigenvalue weighted by Crippen LogP contribution is -2.20. The molecule has 3 N–H and O–H groups in total. The van der Waals surface area contributed by atoms with Crippen LogP contribution in [0, 0.1) is 11.6 Å². The maximum atomic E-state index is 13.2. The number of anilines is 1. The lowest BCUT2D eigenvalue weighted by atomic mass is 10.1. The maximum Gasteiger partial charge on any atom is 0.258 e. The minimum Gasteiger partial charge on any atom is -0.366 e. The van der Waals surface area contributed by atoms with E-state index in [0.717, 1.165) is 16.8 Å². The number of carbonyl (C=O) groups excluding carboxylic acids is 2. The van der Waals surface area contributed by atoms with Crippen molar-refractivity contribution in [2.45, 2.75) is 12.8 Å². The summed E-state index contributed by atoms with van der Waals surface area (Å²) in [5.41, 5.74) is 8.39. The van der Waals surface area contributed by atoms with Gasteiger partial charge in [0.1, 0.15) is 11.6 Å². The molecule has 4 aromatic heterocycles. The zero-order chi connectivity index (χ0) is 36.9. The summed E-state index contributed by atoms with van der Waals surface area (Å²) >= 11 is 5.61. The molecule has 0 aliphatic heterocycles. The average molecular weight is 713 g/mol. The van der Waals surface area contributed by atoms with Crippen LogP contribution in [0.15, 0.2) is 119 Å². The summed E-state index contributed by atoms with van der Waals surface area (Å²) in [6.45, 7) is 0. The van der Waals surface area contributed by atoms with Crippen LogP contribution < -0.4 is 22.2 Å². The van der Waals surface area contributed by atoms with Crippen molar-refractivity contribution in [1.82, 2.24) is 29.5 Å². The summed E-state index contributed by atoms with van der Waals surface area (Å²) in [4.78, 5) is 44.9. The van der Waals surface area contributed by atoms with E-state index in [4.69, 9.17) is 17.3 Å². The van der Waals surface area contributed by atoms with Gasteiger partial charge < -0.3 is 20.2 Å². The fourth-order valence-electron chi connectivity index (χ4n) is 4.33. The quantitative estimate of drug-likeness (QED) is 0.244. The van der Waals surface area contributed by atoms with Crippen molar-refractivity contribution in [1.29, 1.82) is 0 Å². The number of nitrogens with zero attached hydrogens (tertiary/aromatic N) is 6. The molecule has 0 atom stereocenters. The molecule has 0 saturated carbocycles. The molecular weight excluding hydrogens is 682 g/mol. The monoisotopic (exact) mass is 712 g/mol. The number of nitrogens with one attached hydrogen (secondary N) is 1. The van der Waals surface area contributed by atoms with Crippen LogP contribution in [0.4, 0.5) is 14.6 Å². The topological polar surface area (TPSA) is 168 Å². The van der Waals surface area contributed by atoms with E-state index in [-0.39, 0.29) is 28.7 Å². The number of aryl methyl sites for hydroxylation is 2. The van der Waals surface area contributed by atoms with Crippen LogP contribution in [0.25, 0.3) is 0 Å². The highest BCUT2D eigenvalue weighted by atomic mass is 35.5. The largest absolute Gasteiger partial charge is 0.366 e. The third-order valence-electron chi connectivity index (χ3n) is 6.92. The van der Waals surface area contributed by atoms with E-state index in [0.29, 0.717) is 40.6 Å². The Balaban J connectivity index is 0.000000190. The van der Waals surface area contributed by atoms with Crippen molar-refractivity contribution < 1.29 is 18.4 Å². The Hall–Kier alpha value is -6.41. The number of rotatable bonds is 7. The zero-order valence-electron chi connectivity index (χ0n) is 27.3. The van der Waals surface area contributed by atoms with Crippen LogP contribution in [-0.2, 0) is 26.9 Å². The number of hydrogen-bond acceptors (Lipinski definition) is 8. The predicted octanol–water partition coefficient (Wildman–Crippen LogP) is 4.50. The Labute approximate surface area is 295 Å². The van der Waals surface area contributed by atoms with Gasteiger partial charge in [0, 0.05) is 51.5 Å². The molecule has 15 heteroatoms. The number of nitrogens with two attached hydrogens (primary N) is 1. The van der Waals surface area contributed by atoms with Gasteiger partial charge in [-0.15, -0.1) is 10.2 Å². The average Bonchev–Trinajstić information content (AvgIpc) is 3.10. The molecule has 2 amide bonds. The molecule has 0 unspecified atom stereocenters. The summed E-state index contributed by atoms with van der Waals surface area (Å²) in [7, 11) is 3.13. The summed E-state index contributed by atoms with van der Waals surface area (Å²) in [5, 5.41) is 18.6. The van der Waals surface area contributed by atoms with Crippen LogP contribution in [0.5, 0.6) is 0 Å². The lowest BCUT2D eigenvalue weighted by molar-refractivity contribution is 0.0996. The summed E-state index contributed by atoms with van der Waals surface area (Å²) in [5.74, 6) is -1.16. The first-order valence-corrected chi connectivity index (χ1v) is 15.5. The van der Waals surface area contributed by atoms with Gasteiger partial charge in [0.2, 0.25) is 17.0 Å². The van der Waals surface area contributed by atoms with Crippen LogP contribution in [-0.4, -0.2) is 41.3 Å². The number of pyridine rings is 2. The van der Waals surface area contributed by atoms with E-state index in [9.17, 15) is 28.0 Å². The molecule has 6 rings (SSSR count). The lowest BCUT2D eigenvalue weighted by Gasteiger charge is -2.06. The van der Waals surface area contributed by atoms with Crippen molar-refractivity contribution in [3.8, 4) is 0 Å². The number of benzene rings is 2. The molecule has 4 heterocycles. The molecule has 12 nitrogen and oxygen atoms in total. The number of amides is 2. The molecule has 51 heavy (non-hydrogen) atoms. The van der Waals surface area contributed by atoms with E-state index in [1.54, 1.807) is 56.6 Å². The highest BCUT2D eigenvalue weighted by Crippen LogP contribution is 2.12. The van der Waals surface area contributed by atoms with E-state index in [1.165, 1.54) is 70.1 Å². The molecule has 0 spiro atoms. The Morgan fingerprint density at radius 3 is 1.65 bits per heavy atom. The standard InChI is InChI=1S/C18H15FN4O2.C11H8ClFN2.C7H8N2O2/c1-23-11-13(5-8-17(23)24)18(25)20-16-7-6-15(21-22-16)10-12-3-2-4-14(19)9-12;12-11-5-4-10(14-15-11)7-8-2-1-3-9(13)6-8;1-9-4-5(7(8)11)2-3-6(9)10/h2-9,11H,10H2,1H3,(H,20,22,25);1-6H,7H2;2-4H,1H3,(H2,8,11). The Bertz CT molecular complexity index is 2250. The van der Waals surface area contributed by atoms with Crippen molar-refractivity contribution in [2.75, 3.05) is 5.32 Å². The van der Waals surface area contributed by atoms with Crippen LogP contribution in [0.3, 0.4) is 0 Å². The van der Waals surface area contributed by atoms with Gasteiger partial charge in [-0.25, -0.2) is 8.78 Å². The number of halogens is 3. The first-order chi connectivity index (χ1) is 24.4. The number of primary amides is 1. The fourth-order valence-corrected chi connectivity index (χ4v) is 4.43. The number of carbonyl (C=O) groups is 2. The molecule has 0 saturated heterocycles. The van der Waals surface area contributed by atoms with Gasteiger partial charge in [-0.05, 0) is 71.8 Å². The molecule has 0 fully saturated rings. The van der Waals surface area contributed by atoms with E-state index in [1.807, 2.05) is 6.07 Å². The molecule has 0 aliphatic rings.